The number of ether oxygens (including phenoxy) is 1. The Kier molecular flexibility index (Phi) is 5.39. The summed E-state index contributed by atoms with van der Waals surface area (Å²) < 4.78 is 6.03. The minimum Gasteiger partial charge on any atom is -0.488 e. The van der Waals surface area contributed by atoms with Crippen LogP contribution in [-0.2, 0) is 6.42 Å². The van der Waals surface area contributed by atoms with E-state index in [-0.39, 0.29) is 18.5 Å². The summed E-state index contributed by atoms with van der Waals surface area (Å²) in [7, 11) is 0. The lowest BCUT2D eigenvalue weighted by molar-refractivity contribution is 0.182. The Balaban J connectivity index is 0.00000161. The van der Waals surface area contributed by atoms with Crippen molar-refractivity contribution in [3.63, 3.8) is 0 Å². The van der Waals surface area contributed by atoms with Crippen molar-refractivity contribution >= 4 is 35.6 Å². The zero-order valence-corrected chi connectivity index (χ0v) is 13.6. The van der Waals surface area contributed by atoms with Crippen LogP contribution in [0.3, 0.4) is 0 Å². The third kappa shape index (κ3) is 3.14. The van der Waals surface area contributed by atoms with Crippen molar-refractivity contribution in [2.45, 2.75) is 18.9 Å². The van der Waals surface area contributed by atoms with Gasteiger partial charge in [-0.05, 0) is 30.5 Å². The second-order valence-electron chi connectivity index (χ2n) is 4.90. The normalized spacial score (nSPS) is 16.6. The van der Waals surface area contributed by atoms with E-state index in [1.165, 1.54) is 5.56 Å². The van der Waals surface area contributed by atoms with Crippen LogP contribution in [0.5, 0.6) is 5.75 Å². The van der Waals surface area contributed by atoms with Crippen LogP contribution in [0.25, 0.3) is 11.1 Å². The molecule has 2 aromatic carbocycles. The highest BCUT2D eigenvalue weighted by Gasteiger charge is 2.23. The van der Waals surface area contributed by atoms with Crippen LogP contribution in [0.15, 0.2) is 36.4 Å². The Bertz CT molecular complexity index is 625. The summed E-state index contributed by atoms with van der Waals surface area (Å²) in [5.74, 6) is 0.865. The van der Waals surface area contributed by atoms with Crippen LogP contribution in [-0.4, -0.2) is 12.6 Å². The molecule has 2 aromatic rings. The molecule has 1 aliphatic heterocycles. The van der Waals surface area contributed by atoms with Crippen LogP contribution in [0, 0.1) is 0 Å². The van der Waals surface area contributed by atoms with E-state index in [9.17, 15) is 0 Å². The number of hydrogen-bond donors (Lipinski definition) is 1. The van der Waals surface area contributed by atoms with Gasteiger partial charge >= 0.3 is 0 Å². The molecule has 2 N–H and O–H groups in total. The molecule has 0 spiro atoms. The van der Waals surface area contributed by atoms with E-state index in [0.717, 1.165) is 29.7 Å². The lowest BCUT2D eigenvalue weighted by Gasteiger charge is -2.27. The highest BCUT2D eigenvalue weighted by molar-refractivity contribution is 6.39. The van der Waals surface area contributed by atoms with Crippen molar-refractivity contribution in [1.29, 1.82) is 0 Å². The molecule has 1 aliphatic rings. The van der Waals surface area contributed by atoms with Gasteiger partial charge in [-0.15, -0.1) is 12.4 Å². The number of benzene rings is 2. The van der Waals surface area contributed by atoms with Crippen LogP contribution >= 0.6 is 35.6 Å². The summed E-state index contributed by atoms with van der Waals surface area (Å²) in [6.07, 6.45) is 1.97. The molecule has 0 radical (unpaired) electrons. The smallest absolute Gasteiger partial charge is 0.130 e. The van der Waals surface area contributed by atoms with Gasteiger partial charge in [0.15, 0.2) is 0 Å². The lowest BCUT2D eigenvalue weighted by Crippen LogP contribution is -2.30. The monoisotopic (exact) mass is 343 g/mol. The van der Waals surface area contributed by atoms with Crippen LogP contribution in [0.4, 0.5) is 0 Å². The van der Waals surface area contributed by atoms with Gasteiger partial charge in [0, 0.05) is 17.7 Å². The van der Waals surface area contributed by atoms with Crippen LogP contribution < -0.4 is 10.5 Å². The fourth-order valence-electron chi connectivity index (χ4n) is 2.58. The average molecular weight is 345 g/mol. The van der Waals surface area contributed by atoms with Gasteiger partial charge in [-0.2, -0.15) is 0 Å². The highest BCUT2D eigenvalue weighted by atomic mass is 35.5. The molecular formula is C16H16Cl3NO. The zero-order valence-electron chi connectivity index (χ0n) is 11.3. The van der Waals surface area contributed by atoms with E-state index in [1.54, 1.807) is 0 Å². The molecule has 5 heteroatoms. The first-order chi connectivity index (χ1) is 9.70. The standard InChI is InChI=1S/C16H15Cl2NO.ClH/c17-13-5-2-6-14(18)15(13)12-4-1-3-10-7-8-11(9-19)20-16(10)12;/h1-6,11H,7-9,19H2;1H. The molecule has 0 aliphatic carbocycles. The number of nitrogens with two attached hydrogens (primary N) is 1. The minimum atomic E-state index is 0. The summed E-state index contributed by atoms with van der Waals surface area (Å²) in [5, 5.41) is 1.26. The molecule has 112 valence electrons. The summed E-state index contributed by atoms with van der Waals surface area (Å²) in [6.45, 7) is 0.518. The molecule has 2 nitrogen and oxygen atoms in total. The van der Waals surface area contributed by atoms with Crippen LogP contribution in [0.1, 0.15) is 12.0 Å². The lowest BCUT2D eigenvalue weighted by atomic mass is 9.95. The molecule has 1 heterocycles. The fourth-order valence-corrected chi connectivity index (χ4v) is 3.18. The number of hydrogen-bond acceptors (Lipinski definition) is 2. The van der Waals surface area contributed by atoms with Crippen LogP contribution in [0.2, 0.25) is 10.0 Å². The molecule has 0 saturated heterocycles. The quantitative estimate of drug-likeness (QED) is 0.854. The Morgan fingerprint density at radius 1 is 1.10 bits per heavy atom. The maximum absolute atomic E-state index is 6.31. The summed E-state index contributed by atoms with van der Waals surface area (Å²) >= 11 is 12.6. The topological polar surface area (TPSA) is 35.2 Å². The third-order valence-corrected chi connectivity index (χ3v) is 4.24. The SMILES string of the molecule is Cl.NCC1CCc2cccc(-c3c(Cl)cccc3Cl)c2O1. The van der Waals surface area contributed by atoms with Crippen molar-refractivity contribution in [1.82, 2.24) is 0 Å². The maximum atomic E-state index is 6.31. The first-order valence-electron chi connectivity index (χ1n) is 6.63. The fraction of sp³-hybridized carbons (Fsp3) is 0.250. The first-order valence-corrected chi connectivity index (χ1v) is 7.39. The van der Waals surface area contributed by atoms with E-state index in [1.807, 2.05) is 30.3 Å². The van der Waals surface area contributed by atoms with Crippen molar-refractivity contribution in [3.05, 3.63) is 52.0 Å². The molecule has 3 rings (SSSR count). The van der Waals surface area contributed by atoms with Crippen molar-refractivity contribution in [2.75, 3.05) is 6.54 Å². The number of para-hydroxylation sites is 1. The zero-order chi connectivity index (χ0) is 14.1. The molecule has 0 fully saturated rings. The largest absolute Gasteiger partial charge is 0.488 e. The van der Waals surface area contributed by atoms with Gasteiger partial charge in [-0.25, -0.2) is 0 Å². The molecule has 1 unspecified atom stereocenters. The Labute approximate surface area is 140 Å². The number of aryl methyl sites for hydroxylation is 1. The molecule has 0 amide bonds. The predicted molar refractivity (Wildman–Crippen MR) is 90.9 cm³/mol. The summed E-state index contributed by atoms with van der Waals surface area (Å²) in [5.41, 5.74) is 8.68. The summed E-state index contributed by atoms with van der Waals surface area (Å²) in [4.78, 5) is 0. The molecule has 1 atom stereocenters. The number of rotatable bonds is 2. The van der Waals surface area contributed by atoms with E-state index in [4.69, 9.17) is 33.7 Å². The second kappa shape index (κ2) is 6.89. The minimum absolute atomic E-state index is 0. The van der Waals surface area contributed by atoms with E-state index < -0.39 is 0 Å². The van der Waals surface area contributed by atoms with Crippen molar-refractivity contribution in [3.8, 4) is 16.9 Å². The molecular weight excluding hydrogens is 329 g/mol. The van der Waals surface area contributed by atoms with Gasteiger partial charge in [0.05, 0.1) is 10.0 Å². The summed E-state index contributed by atoms with van der Waals surface area (Å²) in [6, 6.07) is 11.6. The van der Waals surface area contributed by atoms with Gasteiger partial charge in [0.1, 0.15) is 11.9 Å². The van der Waals surface area contributed by atoms with Gasteiger partial charge in [0.2, 0.25) is 0 Å². The Hall–Kier alpha value is -0.930. The molecule has 0 saturated carbocycles. The average Bonchev–Trinajstić information content (AvgIpc) is 2.47. The first kappa shape index (κ1) is 16.4. The Morgan fingerprint density at radius 2 is 1.76 bits per heavy atom. The van der Waals surface area contributed by atoms with E-state index in [2.05, 4.69) is 6.07 Å². The second-order valence-corrected chi connectivity index (χ2v) is 5.72. The molecule has 0 bridgehead atoms. The highest BCUT2D eigenvalue weighted by Crippen LogP contribution is 2.43. The predicted octanol–water partition coefficient (Wildman–Crippen LogP) is 4.73. The van der Waals surface area contributed by atoms with E-state index in [0.29, 0.717) is 16.6 Å². The maximum Gasteiger partial charge on any atom is 0.130 e. The van der Waals surface area contributed by atoms with Gasteiger partial charge in [-0.1, -0.05) is 47.5 Å². The van der Waals surface area contributed by atoms with Gasteiger partial charge < -0.3 is 10.5 Å². The van der Waals surface area contributed by atoms with Gasteiger partial charge in [0.25, 0.3) is 0 Å². The Morgan fingerprint density at radius 3 is 2.43 bits per heavy atom. The van der Waals surface area contributed by atoms with E-state index >= 15 is 0 Å². The number of halogens is 3. The van der Waals surface area contributed by atoms with Crippen molar-refractivity contribution in [2.24, 2.45) is 5.73 Å². The van der Waals surface area contributed by atoms with Gasteiger partial charge in [-0.3, -0.25) is 0 Å². The van der Waals surface area contributed by atoms with Crippen molar-refractivity contribution < 1.29 is 4.74 Å². The molecule has 0 aromatic heterocycles. The number of fused-ring (bicyclic) bond motifs is 1. The molecule has 21 heavy (non-hydrogen) atoms. The third-order valence-electron chi connectivity index (χ3n) is 3.61.